The molecule has 3 aromatic rings. The Morgan fingerprint density at radius 3 is 2.80 bits per heavy atom. The molecule has 0 aliphatic carbocycles. The van der Waals surface area contributed by atoms with Crippen LogP contribution >= 0.6 is 30.2 Å². The molecule has 1 heterocycles. The first-order valence-corrected chi connectivity index (χ1v) is 16.6. The van der Waals surface area contributed by atoms with Gasteiger partial charge in [0.25, 0.3) is 0 Å². The molecule has 0 bridgehead atoms. The van der Waals surface area contributed by atoms with Crippen LogP contribution in [-0.4, -0.2) is 18.1 Å². The zero-order valence-corrected chi connectivity index (χ0v) is 25.9. The molecule has 1 aliphatic heterocycles. The molecule has 4 rings (SSSR count). The normalized spacial score (nSPS) is 19.9. The molecule has 0 radical (unpaired) electrons. The number of benzene rings is 3. The number of halogens is 2. The smallest absolute Gasteiger partial charge is 0.368 e. The number of aryl methyl sites for hydroxylation is 1. The summed E-state index contributed by atoms with van der Waals surface area (Å²) >= 11 is 2.34. The summed E-state index contributed by atoms with van der Waals surface area (Å²) < 4.78 is 45.1. The quantitative estimate of drug-likeness (QED) is 0.0950. The Bertz CT molecular complexity index is 1420. The summed E-state index contributed by atoms with van der Waals surface area (Å²) in [5.41, 5.74) is 6.01. The third kappa shape index (κ3) is 7.64. The van der Waals surface area contributed by atoms with Crippen molar-refractivity contribution < 1.29 is 27.8 Å². The molecule has 1 aliphatic rings. The largest absolute Gasteiger partial charge is 0.508 e. The first-order valence-electron chi connectivity index (χ1n) is 13.3. The predicted octanol–water partition coefficient (Wildman–Crippen LogP) is 9.31. The molecule has 2 unspecified atom stereocenters. The standard InChI is InChI=1S/C32H35FIO5P/c1-4-6-8-24(5-2)30-17-23(11-12-31(30)35)16-29-22(3)15-28(19-26(29)20-34)37-21-40(36)38-14-13-32(39-40)25-9-7-10-27(33)18-25/h4,6-12,15,17-19,24,32,35H,1,5,13-14,16,20-21H2,2-3H3/b8-6+/t24?,32-,40?/m0/s1. The summed E-state index contributed by atoms with van der Waals surface area (Å²) in [4.78, 5) is 0. The fourth-order valence-corrected chi connectivity index (χ4v) is 7.11. The Morgan fingerprint density at radius 2 is 2.08 bits per heavy atom. The van der Waals surface area contributed by atoms with Gasteiger partial charge in [0.05, 0.1) is 12.7 Å². The second kappa shape index (κ2) is 13.9. The summed E-state index contributed by atoms with van der Waals surface area (Å²) in [6, 6.07) is 15.9. The molecule has 1 saturated heterocycles. The molecule has 3 atom stereocenters. The number of phenolic OH excluding ortho intramolecular Hbond substituents is 1. The van der Waals surface area contributed by atoms with Gasteiger partial charge in [0, 0.05) is 22.3 Å². The van der Waals surface area contributed by atoms with E-state index in [2.05, 4.69) is 48.2 Å². The van der Waals surface area contributed by atoms with Gasteiger partial charge < -0.3 is 14.4 Å². The Kier molecular flexibility index (Phi) is 10.6. The molecule has 0 saturated carbocycles. The van der Waals surface area contributed by atoms with Crippen LogP contribution in [0.4, 0.5) is 4.39 Å². The minimum atomic E-state index is -3.53. The van der Waals surface area contributed by atoms with E-state index in [9.17, 15) is 14.1 Å². The highest BCUT2D eigenvalue weighted by atomic mass is 127. The maximum atomic E-state index is 13.7. The highest BCUT2D eigenvalue weighted by Crippen LogP contribution is 2.56. The van der Waals surface area contributed by atoms with Crippen LogP contribution < -0.4 is 4.74 Å². The average Bonchev–Trinajstić information content (AvgIpc) is 2.95. The minimum absolute atomic E-state index is 0.103. The average molecular weight is 677 g/mol. The lowest BCUT2D eigenvalue weighted by Gasteiger charge is -2.30. The van der Waals surface area contributed by atoms with E-state index in [1.54, 1.807) is 24.3 Å². The summed E-state index contributed by atoms with van der Waals surface area (Å²) in [5.74, 6) is 0.626. The van der Waals surface area contributed by atoms with Crippen molar-refractivity contribution in [2.75, 3.05) is 13.0 Å². The highest BCUT2D eigenvalue weighted by Gasteiger charge is 2.35. The van der Waals surface area contributed by atoms with Crippen molar-refractivity contribution in [3.05, 3.63) is 119 Å². The molecule has 0 spiro atoms. The van der Waals surface area contributed by atoms with E-state index in [1.807, 2.05) is 31.2 Å². The van der Waals surface area contributed by atoms with Crippen LogP contribution in [0.1, 0.15) is 65.2 Å². The van der Waals surface area contributed by atoms with Gasteiger partial charge >= 0.3 is 7.60 Å². The van der Waals surface area contributed by atoms with Gasteiger partial charge in [-0.1, -0.05) is 78.6 Å². The van der Waals surface area contributed by atoms with Crippen molar-refractivity contribution in [3.8, 4) is 11.5 Å². The Hall–Kier alpha value is -2.45. The van der Waals surface area contributed by atoms with E-state index >= 15 is 0 Å². The van der Waals surface area contributed by atoms with E-state index in [-0.39, 0.29) is 24.7 Å². The lowest BCUT2D eigenvalue weighted by atomic mass is 9.90. The van der Waals surface area contributed by atoms with Crippen molar-refractivity contribution in [1.29, 1.82) is 0 Å². The highest BCUT2D eigenvalue weighted by molar-refractivity contribution is 14.1. The summed E-state index contributed by atoms with van der Waals surface area (Å²) in [7, 11) is -3.53. The molecule has 40 heavy (non-hydrogen) atoms. The second-order valence-electron chi connectivity index (χ2n) is 9.87. The van der Waals surface area contributed by atoms with Crippen molar-refractivity contribution in [2.24, 2.45) is 0 Å². The number of ether oxygens (including phenoxy) is 1. The SMILES string of the molecule is C=C/C=C/C(CC)c1cc(Cc2c(C)cc(OCP3(=O)OCC[C@@H](c4cccc(F)c4)O3)cc2CI)ccc1O. The molecular weight excluding hydrogens is 641 g/mol. The Balaban J connectivity index is 1.50. The number of phenols is 1. The Labute approximate surface area is 249 Å². The first-order chi connectivity index (χ1) is 19.2. The maximum Gasteiger partial charge on any atom is 0.368 e. The van der Waals surface area contributed by atoms with Gasteiger partial charge in [-0.2, -0.15) is 0 Å². The fraction of sp³-hybridized carbons (Fsp3) is 0.312. The predicted molar refractivity (Wildman–Crippen MR) is 166 cm³/mol. The summed E-state index contributed by atoms with van der Waals surface area (Å²) in [6.45, 7) is 8.13. The molecular formula is C32H35FIO5P. The number of aromatic hydroxyl groups is 1. The number of allylic oxidation sites excluding steroid dienone is 3. The van der Waals surface area contributed by atoms with Crippen LogP contribution in [0.25, 0.3) is 0 Å². The molecule has 8 heteroatoms. The summed E-state index contributed by atoms with van der Waals surface area (Å²) in [6.07, 6.45) is 7.05. The maximum absolute atomic E-state index is 13.7. The van der Waals surface area contributed by atoms with E-state index < -0.39 is 13.7 Å². The number of rotatable bonds is 11. The zero-order valence-electron chi connectivity index (χ0n) is 22.8. The zero-order chi connectivity index (χ0) is 28.7. The monoisotopic (exact) mass is 676 g/mol. The van der Waals surface area contributed by atoms with Crippen LogP contribution in [0.3, 0.4) is 0 Å². The van der Waals surface area contributed by atoms with Crippen molar-refractivity contribution in [1.82, 2.24) is 0 Å². The van der Waals surface area contributed by atoms with Crippen molar-refractivity contribution in [3.63, 3.8) is 0 Å². The van der Waals surface area contributed by atoms with Crippen LogP contribution in [-0.2, 0) is 24.5 Å². The van der Waals surface area contributed by atoms with Gasteiger partial charge in [0.1, 0.15) is 17.3 Å². The van der Waals surface area contributed by atoms with Gasteiger partial charge in [0.15, 0.2) is 6.35 Å². The van der Waals surface area contributed by atoms with Crippen LogP contribution in [0, 0.1) is 12.7 Å². The molecule has 1 N–H and O–H groups in total. The van der Waals surface area contributed by atoms with E-state index in [4.69, 9.17) is 13.8 Å². The van der Waals surface area contributed by atoms with Gasteiger partial charge in [-0.05, 0) is 77.9 Å². The van der Waals surface area contributed by atoms with E-state index in [1.165, 1.54) is 17.7 Å². The van der Waals surface area contributed by atoms with Crippen LogP contribution in [0.5, 0.6) is 11.5 Å². The van der Waals surface area contributed by atoms with Crippen LogP contribution in [0.2, 0.25) is 0 Å². The minimum Gasteiger partial charge on any atom is -0.508 e. The Morgan fingerprint density at radius 1 is 1.25 bits per heavy atom. The van der Waals surface area contributed by atoms with Gasteiger partial charge in [-0.25, -0.2) is 4.39 Å². The lowest BCUT2D eigenvalue weighted by Crippen LogP contribution is -2.17. The summed E-state index contributed by atoms with van der Waals surface area (Å²) in [5, 5.41) is 10.5. The molecule has 3 aromatic carbocycles. The van der Waals surface area contributed by atoms with E-state index in [0.29, 0.717) is 29.9 Å². The molecule has 1 fully saturated rings. The lowest BCUT2D eigenvalue weighted by molar-refractivity contribution is 0.0723. The molecule has 0 amide bonds. The van der Waals surface area contributed by atoms with E-state index in [0.717, 1.165) is 33.1 Å². The second-order valence-corrected chi connectivity index (χ2v) is 12.6. The molecule has 5 nitrogen and oxygen atoms in total. The number of alkyl halides is 1. The number of hydrogen-bond acceptors (Lipinski definition) is 5. The van der Waals surface area contributed by atoms with Crippen molar-refractivity contribution >= 4 is 30.2 Å². The molecule has 212 valence electrons. The number of hydrogen-bond donors (Lipinski definition) is 1. The van der Waals surface area contributed by atoms with Crippen LogP contribution in [0.15, 0.2) is 79.4 Å². The fourth-order valence-electron chi connectivity index (χ4n) is 4.93. The van der Waals surface area contributed by atoms with Crippen molar-refractivity contribution in [2.45, 2.75) is 49.6 Å². The third-order valence-corrected chi connectivity index (χ3v) is 9.46. The van der Waals surface area contributed by atoms with Gasteiger partial charge in [-0.3, -0.25) is 9.09 Å². The third-order valence-electron chi connectivity index (χ3n) is 7.04. The van der Waals surface area contributed by atoms with Gasteiger partial charge in [0.2, 0.25) is 0 Å². The molecule has 0 aromatic heterocycles. The topological polar surface area (TPSA) is 65.0 Å². The van der Waals surface area contributed by atoms with Gasteiger partial charge in [-0.15, -0.1) is 0 Å². The first kappa shape index (κ1) is 30.5.